The van der Waals surface area contributed by atoms with Crippen LogP contribution in [-0.4, -0.2) is 22.0 Å². The van der Waals surface area contributed by atoms with Crippen LogP contribution in [0.3, 0.4) is 0 Å². The molecule has 4 nitrogen and oxygen atoms in total. The van der Waals surface area contributed by atoms with Gasteiger partial charge in [-0.3, -0.25) is 4.79 Å². The van der Waals surface area contributed by atoms with Crippen LogP contribution in [0.5, 0.6) is 0 Å². The van der Waals surface area contributed by atoms with Crippen molar-refractivity contribution in [1.82, 2.24) is 14.9 Å². The summed E-state index contributed by atoms with van der Waals surface area (Å²) in [5.41, 5.74) is 1.10. The first-order valence-electron chi connectivity index (χ1n) is 7.59. The highest BCUT2D eigenvalue weighted by molar-refractivity contribution is 5.83. The van der Waals surface area contributed by atoms with Crippen LogP contribution in [0.15, 0.2) is 49.1 Å². The number of carbonyl (C=O) groups excluding carboxylic acids is 1. The first kappa shape index (κ1) is 15.3. The van der Waals surface area contributed by atoms with Gasteiger partial charge >= 0.3 is 0 Å². The quantitative estimate of drug-likeness (QED) is 0.758. The summed E-state index contributed by atoms with van der Waals surface area (Å²) in [6.45, 7) is 3.69. The maximum absolute atomic E-state index is 12.4. The van der Waals surface area contributed by atoms with Gasteiger partial charge in [-0.15, -0.1) is 0 Å². The molecule has 21 heavy (non-hydrogen) atoms. The van der Waals surface area contributed by atoms with Gasteiger partial charge < -0.3 is 9.88 Å². The summed E-state index contributed by atoms with van der Waals surface area (Å²) in [4.78, 5) is 16.4. The molecule has 0 spiro atoms. The Bertz CT molecular complexity index is 522. The number of carbonyl (C=O) groups is 1. The van der Waals surface area contributed by atoms with E-state index in [0.717, 1.165) is 31.4 Å². The largest absolute Gasteiger partial charge is 0.356 e. The Labute approximate surface area is 126 Å². The lowest BCUT2D eigenvalue weighted by Crippen LogP contribution is -2.30. The predicted molar refractivity (Wildman–Crippen MR) is 83.9 cm³/mol. The zero-order valence-electron chi connectivity index (χ0n) is 12.5. The Hall–Kier alpha value is -2.10. The Morgan fingerprint density at radius 1 is 1.33 bits per heavy atom. The molecular formula is C17H23N3O. The lowest BCUT2D eigenvalue weighted by molar-refractivity contribution is -0.122. The SMILES string of the molecule is CCC[C@@H](C(=O)NCCCn1ccnc1)c1ccccc1. The molecule has 1 aromatic carbocycles. The smallest absolute Gasteiger partial charge is 0.227 e. The minimum atomic E-state index is -0.0376. The average molecular weight is 285 g/mol. The molecule has 1 heterocycles. The summed E-state index contributed by atoms with van der Waals surface area (Å²) in [7, 11) is 0. The molecule has 0 radical (unpaired) electrons. The van der Waals surface area contributed by atoms with Crippen molar-refractivity contribution in [1.29, 1.82) is 0 Å². The molecule has 0 bridgehead atoms. The first-order valence-corrected chi connectivity index (χ1v) is 7.59. The van der Waals surface area contributed by atoms with E-state index in [1.165, 1.54) is 0 Å². The van der Waals surface area contributed by atoms with Crippen molar-refractivity contribution in [3.05, 3.63) is 54.6 Å². The van der Waals surface area contributed by atoms with Gasteiger partial charge in [-0.05, 0) is 18.4 Å². The molecule has 2 rings (SSSR count). The summed E-state index contributed by atoms with van der Waals surface area (Å²) >= 11 is 0. The first-order chi connectivity index (χ1) is 10.3. The van der Waals surface area contributed by atoms with Crippen LogP contribution in [0.25, 0.3) is 0 Å². The van der Waals surface area contributed by atoms with E-state index in [1.807, 2.05) is 41.1 Å². The third kappa shape index (κ3) is 4.74. The zero-order chi connectivity index (χ0) is 14.9. The number of nitrogens with zero attached hydrogens (tertiary/aromatic N) is 2. The number of aromatic nitrogens is 2. The molecule has 0 aliphatic heterocycles. The van der Waals surface area contributed by atoms with E-state index in [-0.39, 0.29) is 11.8 Å². The van der Waals surface area contributed by atoms with Gasteiger partial charge in [0.05, 0.1) is 12.2 Å². The van der Waals surface area contributed by atoms with E-state index in [0.29, 0.717) is 6.54 Å². The van der Waals surface area contributed by atoms with E-state index in [9.17, 15) is 4.79 Å². The minimum absolute atomic E-state index is 0.0376. The van der Waals surface area contributed by atoms with Crippen molar-refractivity contribution >= 4 is 5.91 Å². The molecule has 0 fully saturated rings. The summed E-state index contributed by atoms with van der Waals surface area (Å²) in [5.74, 6) is 0.0955. The van der Waals surface area contributed by atoms with E-state index in [2.05, 4.69) is 17.2 Å². The van der Waals surface area contributed by atoms with Crippen molar-refractivity contribution < 1.29 is 4.79 Å². The highest BCUT2D eigenvalue weighted by Crippen LogP contribution is 2.21. The lowest BCUT2D eigenvalue weighted by Gasteiger charge is -2.16. The lowest BCUT2D eigenvalue weighted by atomic mass is 9.93. The summed E-state index contributed by atoms with van der Waals surface area (Å²) in [6, 6.07) is 10.0. The predicted octanol–water partition coefficient (Wildman–Crippen LogP) is 2.97. The zero-order valence-corrected chi connectivity index (χ0v) is 12.5. The molecule has 0 aliphatic rings. The van der Waals surface area contributed by atoms with Gasteiger partial charge in [0, 0.05) is 25.5 Å². The third-order valence-corrected chi connectivity index (χ3v) is 3.55. The van der Waals surface area contributed by atoms with Crippen LogP contribution >= 0.6 is 0 Å². The standard InChI is InChI=1S/C17H23N3O/c1-2-7-16(15-8-4-3-5-9-15)17(21)19-10-6-12-20-13-11-18-14-20/h3-5,8-9,11,13-14,16H,2,6-7,10,12H2,1H3,(H,19,21)/t16-/m1/s1. The molecular weight excluding hydrogens is 262 g/mol. The fraction of sp³-hybridized carbons (Fsp3) is 0.412. The van der Waals surface area contributed by atoms with Crippen LogP contribution in [0.4, 0.5) is 0 Å². The normalized spacial score (nSPS) is 12.0. The van der Waals surface area contributed by atoms with Gasteiger partial charge in [0.2, 0.25) is 5.91 Å². The summed E-state index contributed by atoms with van der Waals surface area (Å²) < 4.78 is 2.02. The number of nitrogens with one attached hydrogen (secondary N) is 1. The van der Waals surface area contributed by atoms with Crippen molar-refractivity contribution in [3.63, 3.8) is 0 Å². The number of imidazole rings is 1. The summed E-state index contributed by atoms with van der Waals surface area (Å²) in [6.07, 6.45) is 8.30. The van der Waals surface area contributed by atoms with E-state index >= 15 is 0 Å². The molecule has 0 unspecified atom stereocenters. The highest BCUT2D eigenvalue weighted by atomic mass is 16.1. The number of amides is 1. The Morgan fingerprint density at radius 3 is 2.81 bits per heavy atom. The molecule has 0 saturated carbocycles. The molecule has 1 atom stereocenters. The van der Waals surface area contributed by atoms with Crippen LogP contribution < -0.4 is 5.32 Å². The maximum atomic E-state index is 12.4. The highest BCUT2D eigenvalue weighted by Gasteiger charge is 2.18. The Morgan fingerprint density at radius 2 is 2.14 bits per heavy atom. The second-order valence-corrected chi connectivity index (χ2v) is 5.20. The van der Waals surface area contributed by atoms with Crippen LogP contribution in [0.2, 0.25) is 0 Å². The second-order valence-electron chi connectivity index (χ2n) is 5.20. The molecule has 2 aromatic rings. The fourth-order valence-electron chi connectivity index (χ4n) is 2.44. The molecule has 112 valence electrons. The number of hydrogen-bond acceptors (Lipinski definition) is 2. The van der Waals surface area contributed by atoms with E-state index in [4.69, 9.17) is 0 Å². The van der Waals surface area contributed by atoms with Crippen molar-refractivity contribution in [2.75, 3.05) is 6.54 Å². The Kier molecular flexibility index (Phi) is 6.00. The van der Waals surface area contributed by atoms with Crippen molar-refractivity contribution in [2.45, 2.75) is 38.6 Å². The molecule has 1 aromatic heterocycles. The van der Waals surface area contributed by atoms with E-state index in [1.54, 1.807) is 12.5 Å². The van der Waals surface area contributed by atoms with Crippen LogP contribution in [-0.2, 0) is 11.3 Å². The topological polar surface area (TPSA) is 46.9 Å². The van der Waals surface area contributed by atoms with Gasteiger partial charge in [-0.1, -0.05) is 43.7 Å². The van der Waals surface area contributed by atoms with E-state index < -0.39 is 0 Å². The fourth-order valence-corrected chi connectivity index (χ4v) is 2.44. The van der Waals surface area contributed by atoms with Crippen molar-refractivity contribution in [2.24, 2.45) is 0 Å². The molecule has 0 aliphatic carbocycles. The summed E-state index contributed by atoms with van der Waals surface area (Å²) in [5, 5.41) is 3.06. The monoisotopic (exact) mass is 285 g/mol. The number of benzene rings is 1. The Balaban J connectivity index is 1.81. The maximum Gasteiger partial charge on any atom is 0.227 e. The number of hydrogen-bond donors (Lipinski definition) is 1. The molecule has 4 heteroatoms. The van der Waals surface area contributed by atoms with Crippen molar-refractivity contribution in [3.8, 4) is 0 Å². The molecule has 0 saturated heterocycles. The van der Waals surface area contributed by atoms with Gasteiger partial charge in [-0.2, -0.15) is 0 Å². The third-order valence-electron chi connectivity index (χ3n) is 3.55. The number of rotatable bonds is 8. The van der Waals surface area contributed by atoms with Gasteiger partial charge in [0.1, 0.15) is 0 Å². The van der Waals surface area contributed by atoms with Gasteiger partial charge in [-0.25, -0.2) is 4.98 Å². The molecule has 1 N–H and O–H groups in total. The van der Waals surface area contributed by atoms with Crippen LogP contribution in [0.1, 0.15) is 37.7 Å². The minimum Gasteiger partial charge on any atom is -0.356 e. The molecule has 1 amide bonds. The van der Waals surface area contributed by atoms with Gasteiger partial charge in [0.25, 0.3) is 0 Å². The average Bonchev–Trinajstić information content (AvgIpc) is 3.03. The van der Waals surface area contributed by atoms with Gasteiger partial charge in [0.15, 0.2) is 0 Å². The second kappa shape index (κ2) is 8.25. The number of aryl methyl sites for hydroxylation is 1. The van der Waals surface area contributed by atoms with Crippen LogP contribution in [0, 0.1) is 0 Å².